The lowest BCUT2D eigenvalue weighted by Gasteiger charge is -2.09. The summed E-state index contributed by atoms with van der Waals surface area (Å²) in [7, 11) is -3.63. The summed E-state index contributed by atoms with van der Waals surface area (Å²) in [6.07, 6.45) is 1.96. The summed E-state index contributed by atoms with van der Waals surface area (Å²) < 4.78 is 27.0. The number of sulfonamides is 1. The highest BCUT2D eigenvalue weighted by atomic mass is 32.2. The van der Waals surface area contributed by atoms with Crippen molar-refractivity contribution in [2.24, 2.45) is 0 Å². The summed E-state index contributed by atoms with van der Waals surface area (Å²) in [5.74, 6) is 0. The molecule has 2 aromatic carbocycles. The number of rotatable bonds is 5. The van der Waals surface area contributed by atoms with E-state index < -0.39 is 10.0 Å². The molecule has 20 heavy (non-hydrogen) atoms. The van der Waals surface area contributed by atoms with E-state index in [9.17, 15) is 8.42 Å². The minimum absolute atomic E-state index is 0.137. The number of benzene rings is 2. The molecule has 0 fully saturated rings. The van der Waals surface area contributed by atoms with Gasteiger partial charge < -0.3 is 5.11 Å². The largest absolute Gasteiger partial charge is 0.392 e. The monoisotopic (exact) mass is 309 g/mol. The van der Waals surface area contributed by atoms with Crippen LogP contribution in [0, 0.1) is 0 Å². The SMILES string of the molecule is CSc1ccc(NS(=O)(=O)c2cccc(CO)c2)cc1. The van der Waals surface area contributed by atoms with Crippen molar-refractivity contribution in [3.63, 3.8) is 0 Å². The van der Waals surface area contributed by atoms with Crippen molar-refractivity contribution in [2.75, 3.05) is 11.0 Å². The minimum Gasteiger partial charge on any atom is -0.392 e. The summed E-state index contributed by atoms with van der Waals surface area (Å²) in [4.78, 5) is 1.20. The average molecular weight is 309 g/mol. The summed E-state index contributed by atoms with van der Waals surface area (Å²) >= 11 is 1.59. The molecule has 0 spiro atoms. The lowest BCUT2D eigenvalue weighted by atomic mass is 10.2. The first-order valence-corrected chi connectivity index (χ1v) is 8.62. The van der Waals surface area contributed by atoms with E-state index in [0.717, 1.165) is 4.90 Å². The van der Waals surface area contributed by atoms with Crippen molar-refractivity contribution in [1.29, 1.82) is 0 Å². The lowest BCUT2D eigenvalue weighted by molar-refractivity contribution is 0.281. The Morgan fingerprint density at radius 2 is 1.85 bits per heavy atom. The standard InChI is InChI=1S/C14H15NO3S2/c1-19-13-7-5-12(6-8-13)15-20(17,18)14-4-2-3-11(9-14)10-16/h2-9,15-16H,10H2,1H3. The molecule has 6 heteroatoms. The van der Waals surface area contributed by atoms with E-state index in [2.05, 4.69) is 4.72 Å². The van der Waals surface area contributed by atoms with Crippen LogP contribution in [0.25, 0.3) is 0 Å². The first kappa shape index (κ1) is 14.9. The Kier molecular flexibility index (Phi) is 4.69. The highest BCUT2D eigenvalue weighted by Crippen LogP contribution is 2.20. The molecule has 2 N–H and O–H groups in total. The molecule has 0 bridgehead atoms. The zero-order valence-corrected chi connectivity index (χ0v) is 12.5. The van der Waals surface area contributed by atoms with Crippen LogP contribution in [0.15, 0.2) is 58.3 Å². The number of hydrogen-bond acceptors (Lipinski definition) is 4. The van der Waals surface area contributed by atoms with E-state index in [1.807, 2.05) is 18.4 Å². The summed E-state index contributed by atoms with van der Waals surface area (Å²) in [6.45, 7) is -0.189. The second-order valence-corrected chi connectivity index (χ2v) is 6.70. The molecule has 0 aromatic heterocycles. The van der Waals surface area contributed by atoms with Crippen molar-refractivity contribution in [1.82, 2.24) is 0 Å². The maximum Gasteiger partial charge on any atom is 0.261 e. The van der Waals surface area contributed by atoms with Crippen LogP contribution in [0.1, 0.15) is 5.56 Å². The molecule has 106 valence electrons. The number of aliphatic hydroxyl groups excluding tert-OH is 1. The average Bonchev–Trinajstić information content (AvgIpc) is 2.48. The third-order valence-electron chi connectivity index (χ3n) is 2.73. The first-order chi connectivity index (χ1) is 9.55. The molecular weight excluding hydrogens is 294 g/mol. The fourth-order valence-corrected chi connectivity index (χ4v) is 3.22. The van der Waals surface area contributed by atoms with E-state index in [0.29, 0.717) is 11.3 Å². The molecule has 0 heterocycles. The van der Waals surface area contributed by atoms with Gasteiger partial charge >= 0.3 is 0 Å². The molecule has 2 aromatic rings. The fourth-order valence-electron chi connectivity index (χ4n) is 1.68. The lowest BCUT2D eigenvalue weighted by Crippen LogP contribution is -2.13. The van der Waals surface area contributed by atoms with Crippen LogP contribution >= 0.6 is 11.8 Å². The van der Waals surface area contributed by atoms with Crippen LogP contribution in [0.5, 0.6) is 0 Å². The van der Waals surface area contributed by atoms with Gasteiger partial charge in [0.05, 0.1) is 11.5 Å². The van der Waals surface area contributed by atoms with Crippen LogP contribution in [-0.4, -0.2) is 19.8 Å². The molecule has 0 radical (unpaired) electrons. The molecular formula is C14H15NO3S2. The third-order valence-corrected chi connectivity index (χ3v) is 4.86. The smallest absolute Gasteiger partial charge is 0.261 e. The van der Waals surface area contributed by atoms with Gasteiger partial charge in [0.25, 0.3) is 10.0 Å². The second-order valence-electron chi connectivity index (χ2n) is 4.14. The Morgan fingerprint density at radius 3 is 2.45 bits per heavy atom. The molecule has 0 unspecified atom stereocenters. The Labute approximate surface area is 122 Å². The van der Waals surface area contributed by atoms with Gasteiger partial charge in [-0.1, -0.05) is 12.1 Å². The van der Waals surface area contributed by atoms with Crippen LogP contribution in [-0.2, 0) is 16.6 Å². The highest BCUT2D eigenvalue weighted by Gasteiger charge is 2.14. The molecule has 2 rings (SSSR count). The molecule has 0 aliphatic heterocycles. The molecule has 0 aliphatic rings. The number of thioether (sulfide) groups is 1. The zero-order valence-electron chi connectivity index (χ0n) is 10.9. The van der Waals surface area contributed by atoms with Gasteiger partial charge in [0.1, 0.15) is 0 Å². The van der Waals surface area contributed by atoms with E-state index in [4.69, 9.17) is 5.11 Å². The maximum absolute atomic E-state index is 12.2. The van der Waals surface area contributed by atoms with Gasteiger partial charge in [0.15, 0.2) is 0 Å². The van der Waals surface area contributed by atoms with Gasteiger partial charge in [-0.15, -0.1) is 11.8 Å². The van der Waals surface area contributed by atoms with Crippen LogP contribution in [0.2, 0.25) is 0 Å². The predicted octanol–water partition coefficient (Wildman–Crippen LogP) is 2.70. The van der Waals surface area contributed by atoms with Crippen molar-refractivity contribution >= 4 is 27.5 Å². The topological polar surface area (TPSA) is 66.4 Å². The van der Waals surface area contributed by atoms with Gasteiger partial charge in [-0.2, -0.15) is 0 Å². The Hall–Kier alpha value is -1.50. The second kappa shape index (κ2) is 6.30. The van der Waals surface area contributed by atoms with E-state index in [-0.39, 0.29) is 11.5 Å². The Balaban J connectivity index is 2.25. The molecule has 0 saturated heterocycles. The molecule has 4 nitrogen and oxygen atoms in total. The third kappa shape index (κ3) is 3.53. The summed E-state index contributed by atoms with van der Waals surface area (Å²) in [6, 6.07) is 13.4. The summed E-state index contributed by atoms with van der Waals surface area (Å²) in [5.41, 5.74) is 1.07. The number of aliphatic hydroxyl groups is 1. The first-order valence-electron chi connectivity index (χ1n) is 5.92. The Morgan fingerprint density at radius 1 is 1.15 bits per heavy atom. The van der Waals surface area contributed by atoms with E-state index >= 15 is 0 Å². The van der Waals surface area contributed by atoms with E-state index in [1.54, 1.807) is 36.0 Å². The van der Waals surface area contributed by atoms with Crippen LogP contribution < -0.4 is 4.72 Å². The van der Waals surface area contributed by atoms with Gasteiger partial charge in [-0.3, -0.25) is 4.72 Å². The van der Waals surface area contributed by atoms with Crippen molar-refractivity contribution in [3.05, 3.63) is 54.1 Å². The van der Waals surface area contributed by atoms with Gasteiger partial charge in [0.2, 0.25) is 0 Å². The normalized spacial score (nSPS) is 11.3. The minimum atomic E-state index is -3.63. The molecule has 0 amide bonds. The molecule has 0 aliphatic carbocycles. The van der Waals surface area contributed by atoms with Gasteiger partial charge in [-0.25, -0.2) is 8.42 Å². The highest BCUT2D eigenvalue weighted by molar-refractivity contribution is 7.98. The molecule has 0 saturated carbocycles. The summed E-state index contributed by atoms with van der Waals surface area (Å²) in [5, 5.41) is 9.06. The number of hydrogen-bond donors (Lipinski definition) is 2. The number of anilines is 1. The van der Waals surface area contributed by atoms with Crippen molar-refractivity contribution in [2.45, 2.75) is 16.4 Å². The predicted molar refractivity (Wildman–Crippen MR) is 81.4 cm³/mol. The quantitative estimate of drug-likeness (QED) is 0.833. The number of nitrogens with one attached hydrogen (secondary N) is 1. The van der Waals surface area contributed by atoms with Gasteiger partial charge in [-0.05, 0) is 48.2 Å². The Bertz CT molecular complexity index is 682. The molecule has 0 atom stereocenters. The van der Waals surface area contributed by atoms with E-state index in [1.165, 1.54) is 12.1 Å². The van der Waals surface area contributed by atoms with Crippen molar-refractivity contribution in [3.8, 4) is 0 Å². The van der Waals surface area contributed by atoms with Crippen LogP contribution in [0.3, 0.4) is 0 Å². The zero-order chi connectivity index (χ0) is 14.6. The van der Waals surface area contributed by atoms with Crippen LogP contribution in [0.4, 0.5) is 5.69 Å². The van der Waals surface area contributed by atoms with Gasteiger partial charge in [0, 0.05) is 10.6 Å². The maximum atomic E-state index is 12.2. The fraction of sp³-hybridized carbons (Fsp3) is 0.143. The van der Waals surface area contributed by atoms with Crippen molar-refractivity contribution < 1.29 is 13.5 Å².